The van der Waals surface area contributed by atoms with Crippen molar-refractivity contribution < 1.29 is 9.72 Å². The lowest BCUT2D eigenvalue weighted by atomic mass is 10.1. The van der Waals surface area contributed by atoms with Gasteiger partial charge in [0.05, 0.1) is 9.95 Å². The number of allylic oxidation sites excluding steroid dienone is 1. The highest BCUT2D eigenvalue weighted by molar-refractivity contribution is 6.37. The zero-order valence-corrected chi connectivity index (χ0v) is 13.2. The van der Waals surface area contributed by atoms with Crippen LogP contribution in [0.5, 0.6) is 0 Å². The molecule has 0 heterocycles. The van der Waals surface area contributed by atoms with Crippen molar-refractivity contribution in [2.24, 2.45) is 0 Å². The van der Waals surface area contributed by atoms with E-state index < -0.39 is 4.92 Å². The third kappa shape index (κ3) is 3.85. The Morgan fingerprint density at radius 3 is 2.41 bits per heavy atom. The molecule has 2 aromatic rings. The van der Waals surface area contributed by atoms with E-state index in [9.17, 15) is 14.9 Å². The number of nitro benzene ring substituents is 1. The molecule has 0 aliphatic carbocycles. The summed E-state index contributed by atoms with van der Waals surface area (Å²) >= 11 is 17.7. The molecule has 0 spiro atoms. The summed E-state index contributed by atoms with van der Waals surface area (Å²) in [5, 5.41) is 11.7. The number of hydrogen-bond acceptors (Lipinski definition) is 3. The lowest BCUT2D eigenvalue weighted by Gasteiger charge is -2.01. The van der Waals surface area contributed by atoms with Gasteiger partial charge in [0.1, 0.15) is 0 Å². The molecule has 0 radical (unpaired) electrons. The Kier molecular flexibility index (Phi) is 5.19. The van der Waals surface area contributed by atoms with Crippen LogP contribution in [0.1, 0.15) is 15.9 Å². The highest BCUT2D eigenvalue weighted by atomic mass is 35.5. The molecule has 0 saturated carbocycles. The Labute approximate surface area is 141 Å². The number of rotatable bonds is 4. The molecule has 112 valence electrons. The first-order chi connectivity index (χ1) is 10.4. The van der Waals surface area contributed by atoms with Crippen molar-refractivity contribution in [2.45, 2.75) is 0 Å². The Morgan fingerprint density at radius 1 is 1.05 bits per heavy atom. The zero-order valence-electron chi connectivity index (χ0n) is 10.9. The molecule has 0 bridgehead atoms. The van der Waals surface area contributed by atoms with Crippen LogP contribution >= 0.6 is 34.8 Å². The standard InChI is InChI=1S/C15H8Cl3NO3/c16-10-2-4-12(14(18)8-10)15(20)6-1-9-7-11(19(21)22)3-5-13(9)17/h1-8H/b6-1+. The quantitative estimate of drug-likeness (QED) is 0.317. The SMILES string of the molecule is O=C(/C=C/c1cc([N+](=O)[O-])ccc1Cl)c1ccc(Cl)cc1Cl. The summed E-state index contributed by atoms with van der Waals surface area (Å²) in [4.78, 5) is 22.3. The lowest BCUT2D eigenvalue weighted by Crippen LogP contribution is -1.95. The van der Waals surface area contributed by atoms with E-state index >= 15 is 0 Å². The smallest absolute Gasteiger partial charge is 0.270 e. The fourth-order valence-electron chi connectivity index (χ4n) is 1.72. The maximum atomic E-state index is 12.1. The molecule has 0 aromatic heterocycles. The maximum Gasteiger partial charge on any atom is 0.270 e. The van der Waals surface area contributed by atoms with E-state index in [0.29, 0.717) is 15.6 Å². The molecule has 22 heavy (non-hydrogen) atoms. The summed E-state index contributed by atoms with van der Waals surface area (Å²) in [6.07, 6.45) is 2.66. The van der Waals surface area contributed by atoms with Crippen LogP contribution in [-0.2, 0) is 0 Å². The minimum Gasteiger partial charge on any atom is -0.289 e. The molecule has 7 heteroatoms. The lowest BCUT2D eigenvalue weighted by molar-refractivity contribution is -0.384. The van der Waals surface area contributed by atoms with Gasteiger partial charge in [-0.3, -0.25) is 14.9 Å². The van der Waals surface area contributed by atoms with Gasteiger partial charge < -0.3 is 0 Å². The predicted molar refractivity (Wildman–Crippen MR) is 87.9 cm³/mol. The predicted octanol–water partition coefficient (Wildman–Crippen LogP) is 5.45. The summed E-state index contributed by atoms with van der Waals surface area (Å²) in [5.74, 6) is -0.357. The van der Waals surface area contributed by atoms with E-state index in [1.54, 1.807) is 6.07 Å². The highest BCUT2D eigenvalue weighted by Gasteiger charge is 2.10. The van der Waals surface area contributed by atoms with Gasteiger partial charge in [-0.05, 0) is 42.0 Å². The maximum absolute atomic E-state index is 12.1. The topological polar surface area (TPSA) is 60.2 Å². The third-order valence-corrected chi connectivity index (χ3v) is 3.69. The number of halogens is 3. The average Bonchev–Trinajstić information content (AvgIpc) is 2.45. The Balaban J connectivity index is 2.30. The van der Waals surface area contributed by atoms with Gasteiger partial charge in [0, 0.05) is 27.7 Å². The highest BCUT2D eigenvalue weighted by Crippen LogP contribution is 2.25. The van der Waals surface area contributed by atoms with E-state index in [4.69, 9.17) is 34.8 Å². The van der Waals surface area contributed by atoms with Crippen molar-refractivity contribution in [3.8, 4) is 0 Å². The number of nitrogens with zero attached hydrogens (tertiary/aromatic N) is 1. The van der Waals surface area contributed by atoms with Gasteiger partial charge in [0.15, 0.2) is 5.78 Å². The van der Waals surface area contributed by atoms with Crippen LogP contribution in [0.15, 0.2) is 42.5 Å². The molecule has 0 saturated heterocycles. The molecule has 0 fully saturated rings. The van der Waals surface area contributed by atoms with Crippen LogP contribution in [0.3, 0.4) is 0 Å². The second-order valence-corrected chi connectivity index (χ2v) is 5.54. The molecule has 0 aliphatic heterocycles. The van der Waals surface area contributed by atoms with Crippen LogP contribution < -0.4 is 0 Å². The van der Waals surface area contributed by atoms with Crippen molar-refractivity contribution in [3.05, 3.63) is 78.8 Å². The number of carbonyl (C=O) groups excluding carboxylic acids is 1. The van der Waals surface area contributed by atoms with E-state index in [1.165, 1.54) is 42.5 Å². The van der Waals surface area contributed by atoms with Gasteiger partial charge in [0.2, 0.25) is 0 Å². The molecule has 0 N–H and O–H groups in total. The van der Waals surface area contributed by atoms with Crippen molar-refractivity contribution in [2.75, 3.05) is 0 Å². The first-order valence-corrected chi connectivity index (χ1v) is 7.13. The van der Waals surface area contributed by atoms with Crippen LogP contribution in [-0.4, -0.2) is 10.7 Å². The van der Waals surface area contributed by atoms with Crippen LogP contribution in [0.25, 0.3) is 6.08 Å². The molecule has 0 amide bonds. The van der Waals surface area contributed by atoms with Crippen molar-refractivity contribution in [1.29, 1.82) is 0 Å². The van der Waals surface area contributed by atoms with Crippen molar-refractivity contribution >= 4 is 52.3 Å². The summed E-state index contributed by atoms with van der Waals surface area (Å²) in [5.41, 5.74) is 0.541. The van der Waals surface area contributed by atoms with Crippen LogP contribution in [0, 0.1) is 10.1 Å². The van der Waals surface area contributed by atoms with Gasteiger partial charge in [-0.1, -0.05) is 34.8 Å². The van der Waals surface area contributed by atoms with Crippen LogP contribution in [0.2, 0.25) is 15.1 Å². The summed E-state index contributed by atoms with van der Waals surface area (Å²) in [6, 6.07) is 8.50. The second kappa shape index (κ2) is 6.92. The third-order valence-electron chi connectivity index (χ3n) is 2.80. The van der Waals surface area contributed by atoms with Crippen LogP contribution in [0.4, 0.5) is 5.69 Å². The van der Waals surface area contributed by atoms with E-state index in [2.05, 4.69) is 0 Å². The fraction of sp³-hybridized carbons (Fsp3) is 0. The first-order valence-electron chi connectivity index (χ1n) is 6.00. The van der Waals surface area contributed by atoms with Gasteiger partial charge in [-0.15, -0.1) is 0 Å². The Bertz CT molecular complexity index is 788. The molecule has 0 aliphatic rings. The Morgan fingerprint density at radius 2 is 1.77 bits per heavy atom. The van der Waals surface area contributed by atoms with Gasteiger partial charge >= 0.3 is 0 Å². The molecule has 2 rings (SSSR count). The number of hydrogen-bond donors (Lipinski definition) is 0. The molecule has 0 atom stereocenters. The second-order valence-electron chi connectivity index (χ2n) is 4.28. The number of carbonyl (C=O) groups is 1. The normalized spacial score (nSPS) is 10.9. The van der Waals surface area contributed by atoms with Crippen molar-refractivity contribution in [3.63, 3.8) is 0 Å². The van der Waals surface area contributed by atoms with Gasteiger partial charge in [0.25, 0.3) is 5.69 Å². The first kappa shape index (κ1) is 16.5. The molecule has 2 aromatic carbocycles. The average molecular weight is 357 g/mol. The van der Waals surface area contributed by atoms with Crippen molar-refractivity contribution in [1.82, 2.24) is 0 Å². The van der Waals surface area contributed by atoms with E-state index in [-0.39, 0.29) is 22.1 Å². The van der Waals surface area contributed by atoms with E-state index in [0.717, 1.165) is 0 Å². The zero-order chi connectivity index (χ0) is 16.3. The number of ketones is 1. The number of nitro groups is 1. The minimum absolute atomic E-state index is 0.110. The largest absolute Gasteiger partial charge is 0.289 e. The van der Waals surface area contributed by atoms with E-state index in [1.807, 2.05) is 0 Å². The summed E-state index contributed by atoms with van der Waals surface area (Å²) in [7, 11) is 0. The number of benzene rings is 2. The Hall–Kier alpha value is -1.88. The fourth-order valence-corrected chi connectivity index (χ4v) is 2.40. The molecule has 4 nitrogen and oxygen atoms in total. The summed E-state index contributed by atoms with van der Waals surface area (Å²) < 4.78 is 0. The molecular weight excluding hydrogens is 349 g/mol. The molecular formula is C15H8Cl3NO3. The molecule has 0 unspecified atom stereocenters. The minimum atomic E-state index is -0.536. The summed E-state index contributed by atoms with van der Waals surface area (Å²) in [6.45, 7) is 0. The number of non-ortho nitro benzene ring substituents is 1. The monoisotopic (exact) mass is 355 g/mol. The van der Waals surface area contributed by atoms with Gasteiger partial charge in [-0.2, -0.15) is 0 Å². The van der Waals surface area contributed by atoms with Gasteiger partial charge in [-0.25, -0.2) is 0 Å².